The minimum atomic E-state index is -3.37. The van der Waals surface area contributed by atoms with Crippen LogP contribution >= 0.6 is 0 Å². The summed E-state index contributed by atoms with van der Waals surface area (Å²) in [5, 5.41) is 34.8. The third-order valence-electron chi connectivity index (χ3n) is 6.05. The van der Waals surface area contributed by atoms with Crippen LogP contribution in [0, 0.1) is 0 Å². The summed E-state index contributed by atoms with van der Waals surface area (Å²) in [6.45, 7) is 13.6. The Kier molecular flexibility index (Phi) is 9.27. The van der Waals surface area contributed by atoms with E-state index in [4.69, 9.17) is 33.2 Å². The van der Waals surface area contributed by atoms with Crippen LogP contribution in [0.2, 0.25) is 0 Å². The van der Waals surface area contributed by atoms with Crippen molar-refractivity contribution in [1.82, 2.24) is 0 Å². The lowest BCUT2D eigenvalue weighted by atomic mass is 9.74. The Morgan fingerprint density at radius 2 is 1.26 bits per heavy atom. The van der Waals surface area contributed by atoms with Crippen LogP contribution in [-0.4, -0.2) is 106 Å². The van der Waals surface area contributed by atoms with Gasteiger partial charge in [-0.05, 0) is 62.3 Å². The molecule has 2 bridgehead atoms. The van der Waals surface area contributed by atoms with Gasteiger partial charge in [0.15, 0.2) is 12.1 Å². The fourth-order valence-electron chi connectivity index (χ4n) is 4.50. The lowest BCUT2D eigenvalue weighted by molar-refractivity contribution is -0.380. The highest BCUT2D eigenvalue weighted by atomic mass is 16.8. The largest absolute Gasteiger partial charge is 0.458 e. The van der Waals surface area contributed by atoms with E-state index in [2.05, 4.69) is 0 Å². The summed E-state index contributed by atoms with van der Waals surface area (Å²) in [6, 6.07) is 0. The Balaban J connectivity index is 2.85. The summed E-state index contributed by atoms with van der Waals surface area (Å²) in [5.41, 5.74) is -10.0. The third-order valence-corrected chi connectivity index (χ3v) is 6.05. The number of methoxy groups -OCH3 is 2. The predicted molar refractivity (Wildman–Crippen MR) is 133 cm³/mol. The van der Waals surface area contributed by atoms with Gasteiger partial charge in [-0.15, -0.1) is 0 Å². The quantitative estimate of drug-likeness (QED) is 0.214. The predicted octanol–water partition coefficient (Wildman–Crippen LogP) is 0.728. The highest BCUT2D eigenvalue weighted by Gasteiger charge is 2.85. The van der Waals surface area contributed by atoms with Crippen LogP contribution in [0.25, 0.3) is 0 Å². The Morgan fingerprint density at radius 1 is 0.795 bits per heavy atom. The first-order valence-electron chi connectivity index (χ1n) is 12.7. The van der Waals surface area contributed by atoms with Gasteiger partial charge in [0.1, 0.15) is 29.0 Å². The molecule has 0 amide bonds. The SMILES string of the molecule is COC(CC[C@]12O[C@H](C(=O)OC(C)(C)C)[C@@](O)(C(=O)OC(C)(C)C)[C@](C(=O)OC(C)(C)C)(O1)[C@H](O)[C@H]2O)OC. The number of fused-ring (bicyclic) bond motifs is 2. The third kappa shape index (κ3) is 6.39. The number of esters is 3. The van der Waals surface area contributed by atoms with Crippen molar-refractivity contribution < 1.29 is 62.9 Å². The summed E-state index contributed by atoms with van der Waals surface area (Å²) in [5.74, 6) is -6.54. The van der Waals surface area contributed by atoms with Crippen molar-refractivity contribution in [3.63, 3.8) is 0 Å². The van der Waals surface area contributed by atoms with Crippen LogP contribution in [-0.2, 0) is 47.5 Å². The number of rotatable bonds is 8. The maximum absolute atomic E-state index is 13.8. The van der Waals surface area contributed by atoms with Crippen molar-refractivity contribution in [2.45, 2.75) is 134 Å². The van der Waals surface area contributed by atoms with Crippen molar-refractivity contribution in [2.24, 2.45) is 0 Å². The molecule has 226 valence electrons. The molecule has 6 atom stereocenters. The highest BCUT2D eigenvalue weighted by molar-refractivity contribution is 5.99. The number of carbonyl (C=O) groups is 3. The van der Waals surface area contributed by atoms with E-state index in [1.54, 1.807) is 0 Å². The summed E-state index contributed by atoms with van der Waals surface area (Å²) in [6.07, 6.45) is -7.84. The van der Waals surface area contributed by atoms with E-state index in [0.29, 0.717) is 0 Å². The first-order chi connectivity index (χ1) is 17.5. The minimum absolute atomic E-state index is 0.0208. The van der Waals surface area contributed by atoms with Crippen molar-refractivity contribution >= 4 is 17.9 Å². The maximum Gasteiger partial charge on any atom is 0.346 e. The van der Waals surface area contributed by atoms with Crippen molar-refractivity contribution in [1.29, 1.82) is 0 Å². The smallest absolute Gasteiger partial charge is 0.346 e. The molecule has 2 saturated heterocycles. The van der Waals surface area contributed by atoms with Crippen LogP contribution in [0.4, 0.5) is 0 Å². The normalized spacial score (nSPS) is 33.2. The first kappa shape index (κ1) is 33.3. The number of ether oxygens (including phenoxy) is 7. The van der Waals surface area contributed by atoms with Gasteiger partial charge < -0.3 is 48.5 Å². The van der Waals surface area contributed by atoms with Crippen molar-refractivity contribution in [3.05, 3.63) is 0 Å². The van der Waals surface area contributed by atoms with Gasteiger partial charge in [-0.25, -0.2) is 14.4 Å². The molecule has 2 heterocycles. The van der Waals surface area contributed by atoms with Crippen molar-refractivity contribution in [2.75, 3.05) is 14.2 Å². The molecule has 0 aromatic rings. The van der Waals surface area contributed by atoms with Gasteiger partial charge in [0.25, 0.3) is 0 Å². The molecular formula is C26H44O13. The van der Waals surface area contributed by atoms with Crippen LogP contribution in [0.1, 0.15) is 75.2 Å². The maximum atomic E-state index is 13.8. The van der Waals surface area contributed by atoms with Gasteiger partial charge in [-0.2, -0.15) is 0 Å². The molecule has 0 aromatic heterocycles. The van der Waals surface area contributed by atoms with Crippen LogP contribution < -0.4 is 0 Å². The lowest BCUT2D eigenvalue weighted by Crippen LogP contribution is -2.79. The summed E-state index contributed by atoms with van der Waals surface area (Å²) < 4.78 is 38.5. The van der Waals surface area contributed by atoms with Gasteiger partial charge in [0.2, 0.25) is 17.3 Å². The minimum Gasteiger partial charge on any atom is -0.458 e. The molecule has 39 heavy (non-hydrogen) atoms. The van der Waals surface area contributed by atoms with E-state index in [-0.39, 0.29) is 12.8 Å². The van der Waals surface area contributed by atoms with E-state index in [1.165, 1.54) is 76.5 Å². The second kappa shape index (κ2) is 10.8. The molecule has 0 saturated carbocycles. The van der Waals surface area contributed by atoms with E-state index >= 15 is 0 Å². The summed E-state index contributed by atoms with van der Waals surface area (Å²) >= 11 is 0. The molecule has 0 aliphatic carbocycles. The molecule has 0 radical (unpaired) electrons. The zero-order chi connectivity index (χ0) is 30.4. The Bertz CT molecular complexity index is 926. The second-order valence-electron chi connectivity index (χ2n) is 12.8. The molecule has 0 aromatic carbocycles. The topological polar surface area (TPSA) is 177 Å². The summed E-state index contributed by atoms with van der Waals surface area (Å²) in [7, 11) is 2.73. The molecule has 13 heteroatoms. The molecule has 2 aliphatic rings. The number of aliphatic hydroxyl groups is 3. The van der Waals surface area contributed by atoms with Gasteiger partial charge >= 0.3 is 17.9 Å². The molecule has 2 fully saturated rings. The van der Waals surface area contributed by atoms with E-state index in [9.17, 15) is 29.7 Å². The van der Waals surface area contributed by atoms with Crippen LogP contribution in [0.3, 0.4) is 0 Å². The first-order valence-corrected chi connectivity index (χ1v) is 12.7. The van der Waals surface area contributed by atoms with E-state index in [0.717, 1.165) is 0 Å². The Morgan fingerprint density at radius 3 is 1.69 bits per heavy atom. The molecule has 0 spiro atoms. The van der Waals surface area contributed by atoms with Gasteiger partial charge in [0, 0.05) is 27.1 Å². The molecule has 0 unspecified atom stereocenters. The number of carbonyl (C=O) groups excluding carboxylic acids is 3. The van der Waals surface area contributed by atoms with Gasteiger partial charge in [0.05, 0.1) is 0 Å². The monoisotopic (exact) mass is 564 g/mol. The lowest BCUT2D eigenvalue weighted by Gasteiger charge is -2.51. The highest BCUT2D eigenvalue weighted by Crippen LogP contribution is 2.56. The summed E-state index contributed by atoms with van der Waals surface area (Å²) in [4.78, 5) is 41.1. The molecular weight excluding hydrogens is 520 g/mol. The average molecular weight is 565 g/mol. The zero-order valence-electron chi connectivity index (χ0n) is 24.6. The molecule has 2 aliphatic heterocycles. The molecule has 2 rings (SSSR count). The number of aliphatic hydroxyl groups excluding tert-OH is 2. The van der Waals surface area contributed by atoms with Crippen LogP contribution in [0.5, 0.6) is 0 Å². The Labute approximate surface area is 229 Å². The van der Waals surface area contributed by atoms with Gasteiger partial charge in [-0.1, -0.05) is 0 Å². The fraction of sp³-hybridized carbons (Fsp3) is 0.885. The van der Waals surface area contributed by atoms with Crippen LogP contribution in [0.15, 0.2) is 0 Å². The second-order valence-corrected chi connectivity index (χ2v) is 12.8. The molecule has 3 N–H and O–H groups in total. The Hall–Kier alpha value is -1.87. The zero-order valence-corrected chi connectivity index (χ0v) is 24.6. The standard InChI is InChI=1S/C26H44O13/c1-21(2,3)36-18(29)17-25(32,19(30)37-22(4,5)6)26(20(31)38-23(7,8)9)16(28)15(27)24(35-17,39-26)13-12-14(33-10)34-11/h14-17,27-28,32H,12-13H2,1-11H3/t15-,16-,17-,24+,25-,26+/m1/s1. The average Bonchev–Trinajstić information content (AvgIpc) is 2.94. The van der Waals surface area contributed by atoms with E-state index in [1.807, 2.05) is 0 Å². The fourth-order valence-corrected chi connectivity index (χ4v) is 4.50. The number of hydrogen-bond donors (Lipinski definition) is 3. The van der Waals surface area contributed by atoms with E-state index < -0.39 is 76.3 Å². The number of hydrogen-bond acceptors (Lipinski definition) is 13. The van der Waals surface area contributed by atoms with Gasteiger partial charge in [-0.3, -0.25) is 0 Å². The van der Waals surface area contributed by atoms with Crippen molar-refractivity contribution in [3.8, 4) is 0 Å². The molecule has 13 nitrogen and oxygen atoms in total.